The summed E-state index contributed by atoms with van der Waals surface area (Å²) in [6.07, 6.45) is 7.20. The van der Waals surface area contributed by atoms with E-state index in [2.05, 4.69) is 6.58 Å². The SMILES string of the molecule is C=CCC(C)(C=O)C=CC. The second-order valence-corrected chi connectivity index (χ2v) is 2.62. The van der Waals surface area contributed by atoms with Crippen molar-refractivity contribution in [2.75, 3.05) is 0 Å². The number of carbonyl (C=O) groups excluding carboxylic acids is 1. The van der Waals surface area contributed by atoms with E-state index in [-0.39, 0.29) is 5.41 Å². The number of carbonyl (C=O) groups is 1. The zero-order valence-electron chi connectivity index (χ0n) is 6.63. The fourth-order valence-electron chi connectivity index (χ4n) is 0.847. The summed E-state index contributed by atoms with van der Waals surface area (Å²) in [4.78, 5) is 10.5. The summed E-state index contributed by atoms with van der Waals surface area (Å²) in [5, 5.41) is 0. The first-order chi connectivity index (χ1) is 4.68. The van der Waals surface area contributed by atoms with E-state index in [1.807, 2.05) is 26.0 Å². The lowest BCUT2D eigenvalue weighted by molar-refractivity contribution is -0.113. The van der Waals surface area contributed by atoms with Crippen molar-refractivity contribution in [2.24, 2.45) is 5.41 Å². The van der Waals surface area contributed by atoms with Crippen molar-refractivity contribution in [3.05, 3.63) is 24.8 Å². The highest BCUT2D eigenvalue weighted by Crippen LogP contribution is 2.19. The van der Waals surface area contributed by atoms with Crippen molar-refractivity contribution in [1.82, 2.24) is 0 Å². The molecule has 10 heavy (non-hydrogen) atoms. The predicted octanol–water partition coefficient (Wildman–Crippen LogP) is 2.34. The normalized spacial score (nSPS) is 16.6. The Balaban J connectivity index is 4.20. The van der Waals surface area contributed by atoms with Gasteiger partial charge in [-0.25, -0.2) is 0 Å². The third kappa shape index (κ3) is 2.62. The van der Waals surface area contributed by atoms with Gasteiger partial charge in [0.15, 0.2) is 0 Å². The van der Waals surface area contributed by atoms with Gasteiger partial charge in [0, 0.05) is 5.41 Å². The van der Waals surface area contributed by atoms with Crippen molar-refractivity contribution in [3.63, 3.8) is 0 Å². The van der Waals surface area contributed by atoms with Crippen LogP contribution >= 0.6 is 0 Å². The van der Waals surface area contributed by atoms with Crippen LogP contribution in [0.1, 0.15) is 20.3 Å². The van der Waals surface area contributed by atoms with Gasteiger partial charge in [-0.1, -0.05) is 18.2 Å². The molecule has 0 saturated heterocycles. The first-order valence-electron chi connectivity index (χ1n) is 3.39. The lowest BCUT2D eigenvalue weighted by Gasteiger charge is -2.14. The summed E-state index contributed by atoms with van der Waals surface area (Å²) in [5.41, 5.74) is -0.337. The smallest absolute Gasteiger partial charge is 0.129 e. The number of hydrogen-bond donors (Lipinski definition) is 0. The van der Waals surface area contributed by atoms with Crippen LogP contribution in [0.2, 0.25) is 0 Å². The van der Waals surface area contributed by atoms with Crippen LogP contribution in [0, 0.1) is 5.41 Å². The maximum absolute atomic E-state index is 10.5. The van der Waals surface area contributed by atoms with E-state index in [0.29, 0.717) is 6.42 Å². The van der Waals surface area contributed by atoms with Crippen LogP contribution in [0.5, 0.6) is 0 Å². The maximum atomic E-state index is 10.5. The molecule has 0 radical (unpaired) electrons. The topological polar surface area (TPSA) is 17.1 Å². The Morgan fingerprint density at radius 3 is 2.50 bits per heavy atom. The van der Waals surface area contributed by atoms with E-state index in [4.69, 9.17) is 0 Å². The summed E-state index contributed by atoms with van der Waals surface area (Å²) in [5.74, 6) is 0. The van der Waals surface area contributed by atoms with Gasteiger partial charge in [-0.15, -0.1) is 6.58 Å². The van der Waals surface area contributed by atoms with Crippen molar-refractivity contribution in [1.29, 1.82) is 0 Å². The molecule has 0 aliphatic carbocycles. The minimum atomic E-state index is -0.337. The molecule has 1 heteroatoms. The third-order valence-corrected chi connectivity index (χ3v) is 1.40. The molecule has 1 atom stereocenters. The zero-order valence-corrected chi connectivity index (χ0v) is 6.63. The molecule has 0 saturated carbocycles. The fourth-order valence-corrected chi connectivity index (χ4v) is 0.847. The average Bonchev–Trinajstić information content (AvgIpc) is 1.89. The van der Waals surface area contributed by atoms with Gasteiger partial charge in [0.1, 0.15) is 6.29 Å². The van der Waals surface area contributed by atoms with Crippen LogP contribution < -0.4 is 0 Å². The highest BCUT2D eigenvalue weighted by atomic mass is 16.1. The highest BCUT2D eigenvalue weighted by molar-refractivity contribution is 5.62. The molecule has 0 aliphatic rings. The Kier molecular flexibility index (Phi) is 3.70. The second kappa shape index (κ2) is 4.04. The largest absolute Gasteiger partial charge is 0.302 e. The molecule has 0 aromatic heterocycles. The molecule has 0 spiro atoms. The summed E-state index contributed by atoms with van der Waals surface area (Å²) in [7, 11) is 0. The molecule has 0 fully saturated rings. The van der Waals surface area contributed by atoms with Gasteiger partial charge in [-0.05, 0) is 20.3 Å². The van der Waals surface area contributed by atoms with E-state index in [1.54, 1.807) is 6.08 Å². The van der Waals surface area contributed by atoms with Gasteiger partial charge in [-0.2, -0.15) is 0 Å². The van der Waals surface area contributed by atoms with Gasteiger partial charge in [0.25, 0.3) is 0 Å². The van der Waals surface area contributed by atoms with Crippen LogP contribution in [0.3, 0.4) is 0 Å². The minimum Gasteiger partial charge on any atom is -0.302 e. The molecule has 0 aliphatic heterocycles. The molecule has 0 amide bonds. The quantitative estimate of drug-likeness (QED) is 0.430. The lowest BCUT2D eigenvalue weighted by Crippen LogP contribution is -2.12. The Labute approximate surface area is 62.4 Å². The lowest BCUT2D eigenvalue weighted by atomic mass is 9.88. The highest BCUT2D eigenvalue weighted by Gasteiger charge is 2.16. The first kappa shape index (κ1) is 9.15. The number of rotatable bonds is 4. The second-order valence-electron chi connectivity index (χ2n) is 2.62. The van der Waals surface area contributed by atoms with E-state index < -0.39 is 0 Å². The Morgan fingerprint density at radius 2 is 2.20 bits per heavy atom. The summed E-state index contributed by atoms with van der Waals surface area (Å²) < 4.78 is 0. The van der Waals surface area contributed by atoms with Gasteiger partial charge >= 0.3 is 0 Å². The van der Waals surface area contributed by atoms with Crippen molar-refractivity contribution in [3.8, 4) is 0 Å². The molecule has 0 N–H and O–H groups in total. The first-order valence-corrected chi connectivity index (χ1v) is 3.39. The molecule has 0 aromatic rings. The molecule has 1 nitrogen and oxygen atoms in total. The van der Waals surface area contributed by atoms with E-state index in [9.17, 15) is 4.79 Å². The fraction of sp³-hybridized carbons (Fsp3) is 0.444. The molecule has 56 valence electrons. The Morgan fingerprint density at radius 1 is 1.60 bits per heavy atom. The van der Waals surface area contributed by atoms with E-state index in [0.717, 1.165) is 6.29 Å². The third-order valence-electron chi connectivity index (χ3n) is 1.40. The van der Waals surface area contributed by atoms with Crippen molar-refractivity contribution in [2.45, 2.75) is 20.3 Å². The van der Waals surface area contributed by atoms with Gasteiger partial charge in [0.05, 0.1) is 0 Å². The average molecular weight is 138 g/mol. The van der Waals surface area contributed by atoms with Gasteiger partial charge in [0.2, 0.25) is 0 Å². The maximum Gasteiger partial charge on any atom is 0.129 e. The summed E-state index contributed by atoms with van der Waals surface area (Å²) in [6, 6.07) is 0. The number of allylic oxidation sites excluding steroid dienone is 3. The van der Waals surface area contributed by atoms with Crippen LogP contribution in [0.25, 0.3) is 0 Å². The van der Waals surface area contributed by atoms with Crippen LogP contribution in [0.4, 0.5) is 0 Å². The Bertz CT molecular complexity index is 147. The molecule has 1 unspecified atom stereocenters. The molecule has 0 bridgehead atoms. The van der Waals surface area contributed by atoms with E-state index >= 15 is 0 Å². The monoisotopic (exact) mass is 138 g/mol. The predicted molar refractivity (Wildman–Crippen MR) is 43.8 cm³/mol. The van der Waals surface area contributed by atoms with Gasteiger partial charge < -0.3 is 4.79 Å². The van der Waals surface area contributed by atoms with Crippen LogP contribution in [-0.2, 0) is 4.79 Å². The van der Waals surface area contributed by atoms with Crippen molar-refractivity contribution < 1.29 is 4.79 Å². The van der Waals surface area contributed by atoms with Crippen molar-refractivity contribution >= 4 is 6.29 Å². The molecular formula is C9H14O. The molecular weight excluding hydrogens is 124 g/mol. The van der Waals surface area contributed by atoms with Crippen LogP contribution in [-0.4, -0.2) is 6.29 Å². The van der Waals surface area contributed by atoms with E-state index in [1.165, 1.54) is 0 Å². The minimum absolute atomic E-state index is 0.337. The zero-order chi connectivity index (χ0) is 8.04. The molecule has 0 heterocycles. The Hall–Kier alpha value is -0.850. The summed E-state index contributed by atoms with van der Waals surface area (Å²) >= 11 is 0. The molecule has 0 aromatic carbocycles. The standard InChI is InChI=1S/C9H14O/c1-4-6-9(3,8-10)7-5-2/h4-5,7-8H,1,6H2,2-3H3. The number of hydrogen-bond acceptors (Lipinski definition) is 1. The van der Waals surface area contributed by atoms with Crippen LogP contribution in [0.15, 0.2) is 24.8 Å². The number of aldehydes is 1. The molecule has 0 rings (SSSR count). The summed E-state index contributed by atoms with van der Waals surface area (Å²) in [6.45, 7) is 7.38. The van der Waals surface area contributed by atoms with Gasteiger partial charge in [-0.3, -0.25) is 0 Å².